The molecule has 4 rings (SSSR count). The molecule has 1 aliphatic rings. The lowest BCUT2D eigenvalue weighted by Gasteiger charge is -2.28. The van der Waals surface area contributed by atoms with E-state index in [2.05, 4.69) is 20.6 Å². The number of fused-ring (bicyclic) bond motifs is 1. The third-order valence-corrected chi connectivity index (χ3v) is 5.53. The van der Waals surface area contributed by atoms with Gasteiger partial charge in [0.2, 0.25) is 5.95 Å². The average molecular weight is 458 g/mol. The SMILES string of the molecule is CNC(=O)COc1cc2cc(Nc3nc(N4CCC(F)CC4)ncc3F)ccc2n(C)c1=O. The highest BCUT2D eigenvalue weighted by Crippen LogP contribution is 2.26. The highest BCUT2D eigenvalue weighted by Gasteiger charge is 2.21. The number of hydrogen-bond acceptors (Lipinski definition) is 7. The van der Waals surface area contributed by atoms with Gasteiger partial charge in [0.15, 0.2) is 24.0 Å². The summed E-state index contributed by atoms with van der Waals surface area (Å²) in [6, 6.07) is 6.67. The van der Waals surface area contributed by atoms with Crippen LogP contribution in [0.3, 0.4) is 0 Å². The molecule has 1 saturated heterocycles. The lowest BCUT2D eigenvalue weighted by molar-refractivity contribution is -0.122. The van der Waals surface area contributed by atoms with E-state index in [1.807, 2.05) is 4.90 Å². The summed E-state index contributed by atoms with van der Waals surface area (Å²) < 4.78 is 34.6. The summed E-state index contributed by atoms with van der Waals surface area (Å²) in [5, 5.41) is 6.02. The Hall–Kier alpha value is -3.76. The second-order valence-electron chi connectivity index (χ2n) is 7.76. The van der Waals surface area contributed by atoms with Gasteiger partial charge >= 0.3 is 0 Å². The minimum absolute atomic E-state index is 0.0115. The van der Waals surface area contributed by atoms with Crippen molar-refractivity contribution in [2.75, 3.05) is 37.0 Å². The number of benzene rings is 1. The third kappa shape index (κ3) is 4.86. The van der Waals surface area contributed by atoms with Gasteiger partial charge < -0.3 is 24.8 Å². The van der Waals surface area contributed by atoms with Crippen LogP contribution in [0.5, 0.6) is 5.75 Å². The zero-order chi connectivity index (χ0) is 23.5. The van der Waals surface area contributed by atoms with E-state index in [1.165, 1.54) is 17.7 Å². The van der Waals surface area contributed by atoms with E-state index in [4.69, 9.17) is 4.74 Å². The van der Waals surface area contributed by atoms with E-state index >= 15 is 0 Å². The fraction of sp³-hybridized carbons (Fsp3) is 0.364. The molecular formula is C22H24F2N6O3. The van der Waals surface area contributed by atoms with Gasteiger partial charge in [-0.25, -0.2) is 13.8 Å². The van der Waals surface area contributed by atoms with E-state index in [1.54, 1.807) is 25.2 Å². The van der Waals surface area contributed by atoms with Crippen LogP contribution in [0.2, 0.25) is 0 Å². The number of nitrogens with one attached hydrogen (secondary N) is 2. The predicted octanol–water partition coefficient (Wildman–Crippen LogP) is 2.27. The maximum Gasteiger partial charge on any atom is 0.293 e. The van der Waals surface area contributed by atoms with Crippen LogP contribution in [0.4, 0.5) is 26.2 Å². The molecule has 174 valence electrons. The Balaban J connectivity index is 1.61. The molecule has 0 unspecified atom stereocenters. The van der Waals surface area contributed by atoms with Gasteiger partial charge in [-0.3, -0.25) is 9.59 Å². The van der Waals surface area contributed by atoms with Gasteiger partial charge in [0.1, 0.15) is 6.17 Å². The monoisotopic (exact) mass is 458 g/mol. The van der Waals surface area contributed by atoms with E-state index in [0.29, 0.717) is 48.5 Å². The van der Waals surface area contributed by atoms with Gasteiger partial charge in [0, 0.05) is 38.3 Å². The van der Waals surface area contributed by atoms with Crippen LogP contribution in [-0.4, -0.2) is 53.4 Å². The van der Waals surface area contributed by atoms with Crippen LogP contribution in [0.1, 0.15) is 12.8 Å². The summed E-state index contributed by atoms with van der Waals surface area (Å²) in [5.74, 6) is -0.647. The first-order chi connectivity index (χ1) is 15.9. The number of pyridine rings is 1. The second kappa shape index (κ2) is 9.39. The van der Waals surface area contributed by atoms with Gasteiger partial charge in [-0.15, -0.1) is 0 Å². The summed E-state index contributed by atoms with van der Waals surface area (Å²) in [7, 11) is 3.07. The largest absolute Gasteiger partial charge is 0.478 e. The van der Waals surface area contributed by atoms with Crippen molar-refractivity contribution in [2.24, 2.45) is 7.05 Å². The van der Waals surface area contributed by atoms with Crippen molar-refractivity contribution in [3.63, 3.8) is 0 Å². The number of anilines is 3. The minimum atomic E-state index is -0.835. The van der Waals surface area contributed by atoms with E-state index in [9.17, 15) is 18.4 Å². The first kappa shape index (κ1) is 22.4. The Morgan fingerprint density at radius 3 is 2.76 bits per heavy atom. The Morgan fingerprint density at radius 2 is 2.03 bits per heavy atom. The highest BCUT2D eigenvalue weighted by molar-refractivity contribution is 5.85. The van der Waals surface area contributed by atoms with Gasteiger partial charge in [-0.1, -0.05) is 0 Å². The lowest BCUT2D eigenvalue weighted by Crippen LogP contribution is -2.35. The molecule has 11 heteroatoms. The molecule has 0 saturated carbocycles. The molecule has 0 aliphatic carbocycles. The van der Waals surface area contributed by atoms with Crippen LogP contribution in [-0.2, 0) is 11.8 Å². The van der Waals surface area contributed by atoms with Crippen molar-refractivity contribution in [2.45, 2.75) is 19.0 Å². The average Bonchev–Trinajstić information content (AvgIpc) is 2.82. The van der Waals surface area contributed by atoms with Crippen LogP contribution in [0.15, 0.2) is 35.3 Å². The number of carbonyl (C=O) groups is 1. The van der Waals surface area contributed by atoms with Crippen molar-refractivity contribution in [3.8, 4) is 5.75 Å². The van der Waals surface area contributed by atoms with E-state index < -0.39 is 12.0 Å². The summed E-state index contributed by atoms with van der Waals surface area (Å²) in [6.45, 7) is 0.647. The summed E-state index contributed by atoms with van der Waals surface area (Å²) >= 11 is 0. The second-order valence-corrected chi connectivity index (χ2v) is 7.76. The maximum absolute atomic E-state index is 14.4. The molecule has 3 heterocycles. The van der Waals surface area contributed by atoms with Crippen molar-refractivity contribution in [1.82, 2.24) is 19.9 Å². The standard InChI is InChI=1S/C22H24F2N6O3/c1-25-19(31)12-33-18-10-13-9-15(3-4-17(13)29(2)21(18)32)27-20-16(24)11-26-22(28-20)30-7-5-14(23)6-8-30/h3-4,9-11,14H,5-8,12H2,1-2H3,(H,25,31)(H,26,27,28). The fourth-order valence-corrected chi connectivity index (χ4v) is 3.63. The van der Waals surface area contributed by atoms with Crippen LogP contribution in [0.25, 0.3) is 10.9 Å². The van der Waals surface area contributed by atoms with Crippen LogP contribution in [0, 0.1) is 5.82 Å². The molecule has 0 radical (unpaired) electrons. The minimum Gasteiger partial charge on any atom is -0.478 e. The molecule has 0 spiro atoms. The fourth-order valence-electron chi connectivity index (χ4n) is 3.63. The normalized spacial score (nSPS) is 14.4. The molecule has 1 aromatic carbocycles. The van der Waals surface area contributed by atoms with Gasteiger partial charge in [0.05, 0.1) is 11.7 Å². The molecule has 33 heavy (non-hydrogen) atoms. The first-order valence-corrected chi connectivity index (χ1v) is 10.5. The smallest absolute Gasteiger partial charge is 0.293 e. The number of halogens is 2. The summed E-state index contributed by atoms with van der Waals surface area (Å²) in [4.78, 5) is 34.1. The number of rotatable bonds is 6. The molecule has 9 nitrogen and oxygen atoms in total. The van der Waals surface area contributed by atoms with E-state index in [-0.39, 0.29) is 29.6 Å². The quantitative estimate of drug-likeness (QED) is 0.584. The van der Waals surface area contributed by atoms with Crippen molar-refractivity contribution in [1.29, 1.82) is 0 Å². The summed E-state index contributed by atoms with van der Waals surface area (Å²) in [5.41, 5.74) is 0.788. The highest BCUT2D eigenvalue weighted by atomic mass is 19.1. The number of ether oxygens (including phenoxy) is 1. The van der Waals surface area contributed by atoms with Crippen LogP contribution >= 0.6 is 0 Å². The molecule has 2 N–H and O–H groups in total. The number of aryl methyl sites for hydroxylation is 1. The third-order valence-electron chi connectivity index (χ3n) is 5.53. The van der Waals surface area contributed by atoms with Crippen LogP contribution < -0.4 is 25.8 Å². The van der Waals surface area contributed by atoms with Gasteiger partial charge in [0.25, 0.3) is 11.5 Å². The first-order valence-electron chi connectivity index (χ1n) is 10.5. The number of hydrogen-bond donors (Lipinski definition) is 2. The molecule has 1 fully saturated rings. The zero-order valence-corrected chi connectivity index (χ0v) is 18.3. The van der Waals surface area contributed by atoms with Gasteiger partial charge in [-0.2, -0.15) is 4.98 Å². The number of nitrogens with zero attached hydrogens (tertiary/aromatic N) is 4. The molecule has 1 aliphatic heterocycles. The van der Waals surface area contributed by atoms with Crippen molar-refractivity contribution < 1.29 is 18.3 Å². The molecule has 3 aromatic rings. The van der Waals surface area contributed by atoms with E-state index in [0.717, 1.165) is 6.20 Å². The molecule has 1 amide bonds. The Bertz CT molecular complexity index is 1240. The number of alkyl halides is 1. The molecule has 0 atom stereocenters. The predicted molar refractivity (Wildman–Crippen MR) is 120 cm³/mol. The Morgan fingerprint density at radius 1 is 1.27 bits per heavy atom. The maximum atomic E-state index is 14.4. The van der Waals surface area contributed by atoms with Crippen molar-refractivity contribution in [3.05, 3.63) is 46.6 Å². The zero-order valence-electron chi connectivity index (χ0n) is 18.3. The molecule has 0 bridgehead atoms. The number of amides is 1. The number of likely N-dealkylation sites (N-methyl/N-ethyl adjacent to an activating group) is 1. The van der Waals surface area contributed by atoms with Crippen molar-refractivity contribution >= 4 is 34.3 Å². The molecule has 2 aromatic heterocycles. The van der Waals surface area contributed by atoms with Gasteiger partial charge in [-0.05, 0) is 37.1 Å². The Kier molecular flexibility index (Phi) is 6.38. The summed E-state index contributed by atoms with van der Waals surface area (Å²) in [6.07, 6.45) is 1.02. The number of piperidine rings is 1. The number of carbonyl (C=O) groups excluding carboxylic acids is 1. The topological polar surface area (TPSA) is 101 Å². The lowest BCUT2D eigenvalue weighted by atomic mass is 10.1. The molecular weight excluding hydrogens is 434 g/mol. The Labute approximate surface area is 188 Å². The number of aromatic nitrogens is 3.